The SMILES string of the molecule is Cl.O=C(c1ccc(F)cc1)C1CCN(CCCOc2ccc3c(=O)cc(C(F)(F)F)oc3c2)CC1. The molecule has 35 heavy (non-hydrogen) atoms. The van der Waals surface area contributed by atoms with Gasteiger partial charge in [-0.05, 0) is 68.8 Å². The predicted octanol–water partition coefficient (Wildman–Crippen LogP) is 5.74. The summed E-state index contributed by atoms with van der Waals surface area (Å²) in [6.45, 7) is 2.61. The summed E-state index contributed by atoms with van der Waals surface area (Å²) < 4.78 is 62.2. The highest BCUT2D eigenvalue weighted by Crippen LogP contribution is 2.31. The molecule has 10 heteroatoms. The number of fused-ring (bicyclic) bond motifs is 1. The number of Topliss-reactive ketones (excluding diaryl/α,β-unsaturated/α-hetero) is 1. The van der Waals surface area contributed by atoms with Gasteiger partial charge in [0.25, 0.3) is 0 Å². The number of halogens is 5. The quantitative estimate of drug-likeness (QED) is 0.229. The first-order valence-electron chi connectivity index (χ1n) is 11.0. The molecule has 4 rings (SSSR count). The van der Waals surface area contributed by atoms with Gasteiger partial charge in [-0.2, -0.15) is 13.2 Å². The zero-order valence-corrected chi connectivity index (χ0v) is 19.5. The topological polar surface area (TPSA) is 59.8 Å². The van der Waals surface area contributed by atoms with Crippen molar-refractivity contribution in [2.24, 2.45) is 5.92 Å². The fourth-order valence-corrected chi connectivity index (χ4v) is 4.11. The van der Waals surface area contributed by atoms with E-state index < -0.39 is 17.4 Å². The largest absolute Gasteiger partial charge is 0.493 e. The number of nitrogens with zero attached hydrogens (tertiary/aromatic N) is 1. The van der Waals surface area contributed by atoms with Crippen molar-refractivity contribution in [2.45, 2.75) is 25.4 Å². The molecule has 0 atom stereocenters. The van der Waals surface area contributed by atoms with Crippen LogP contribution in [-0.4, -0.2) is 36.9 Å². The molecule has 1 aliphatic rings. The molecule has 0 amide bonds. The molecule has 0 spiro atoms. The lowest BCUT2D eigenvalue weighted by atomic mass is 9.89. The van der Waals surface area contributed by atoms with Crippen LogP contribution in [0.1, 0.15) is 35.4 Å². The Kier molecular flexibility index (Phi) is 8.56. The van der Waals surface area contributed by atoms with Crippen molar-refractivity contribution in [3.05, 3.63) is 75.9 Å². The number of alkyl halides is 3. The summed E-state index contributed by atoms with van der Waals surface area (Å²) in [6.07, 6.45) is -2.62. The van der Waals surface area contributed by atoms with Gasteiger partial charge in [-0.3, -0.25) is 9.59 Å². The van der Waals surface area contributed by atoms with Gasteiger partial charge in [0, 0.05) is 30.2 Å². The van der Waals surface area contributed by atoms with Gasteiger partial charge in [0.2, 0.25) is 5.76 Å². The third-order valence-electron chi connectivity index (χ3n) is 5.95. The van der Waals surface area contributed by atoms with E-state index in [1.807, 2.05) is 0 Å². The first-order valence-corrected chi connectivity index (χ1v) is 11.0. The number of rotatable bonds is 7. The fourth-order valence-electron chi connectivity index (χ4n) is 4.11. The summed E-state index contributed by atoms with van der Waals surface area (Å²) in [5, 5.41) is 0.0541. The number of benzene rings is 2. The summed E-state index contributed by atoms with van der Waals surface area (Å²) in [6, 6.07) is 10.3. The van der Waals surface area contributed by atoms with Crippen molar-refractivity contribution in [2.75, 3.05) is 26.2 Å². The lowest BCUT2D eigenvalue weighted by Crippen LogP contribution is -2.37. The Balaban J connectivity index is 0.00000342. The van der Waals surface area contributed by atoms with Gasteiger partial charge in [0.05, 0.1) is 12.0 Å². The fraction of sp³-hybridized carbons (Fsp3) is 0.360. The van der Waals surface area contributed by atoms with Gasteiger partial charge in [0.1, 0.15) is 17.1 Å². The van der Waals surface area contributed by atoms with E-state index in [9.17, 15) is 27.2 Å². The zero-order chi connectivity index (χ0) is 24.3. The lowest BCUT2D eigenvalue weighted by molar-refractivity contribution is -0.152. The second-order valence-electron chi connectivity index (χ2n) is 8.32. The average Bonchev–Trinajstić information content (AvgIpc) is 2.81. The molecular formula is C25H24ClF4NO4. The van der Waals surface area contributed by atoms with Crippen LogP contribution in [0.2, 0.25) is 0 Å². The molecule has 0 unspecified atom stereocenters. The summed E-state index contributed by atoms with van der Waals surface area (Å²) >= 11 is 0. The number of hydrogen-bond donors (Lipinski definition) is 0. The van der Waals surface area contributed by atoms with Crippen molar-refractivity contribution in [3.8, 4) is 5.75 Å². The second kappa shape index (κ2) is 11.2. The zero-order valence-electron chi connectivity index (χ0n) is 18.6. The van der Waals surface area contributed by atoms with Gasteiger partial charge < -0.3 is 14.1 Å². The van der Waals surface area contributed by atoms with E-state index in [1.165, 1.54) is 42.5 Å². The minimum atomic E-state index is -4.75. The van der Waals surface area contributed by atoms with Crippen molar-refractivity contribution in [1.82, 2.24) is 4.90 Å². The predicted molar refractivity (Wildman–Crippen MR) is 125 cm³/mol. The molecule has 5 nitrogen and oxygen atoms in total. The van der Waals surface area contributed by atoms with Crippen LogP contribution in [0.25, 0.3) is 11.0 Å². The normalized spacial score (nSPS) is 15.1. The van der Waals surface area contributed by atoms with Crippen molar-refractivity contribution in [1.29, 1.82) is 0 Å². The number of ether oxygens (including phenoxy) is 1. The Hall–Kier alpha value is -2.91. The number of likely N-dealkylation sites (tertiary alicyclic amines) is 1. The van der Waals surface area contributed by atoms with E-state index in [0.717, 1.165) is 32.5 Å². The summed E-state index contributed by atoms with van der Waals surface area (Å²) in [4.78, 5) is 26.7. The van der Waals surface area contributed by atoms with Gasteiger partial charge in [-0.15, -0.1) is 12.4 Å². The number of carbonyl (C=O) groups is 1. The van der Waals surface area contributed by atoms with Crippen molar-refractivity contribution >= 4 is 29.2 Å². The van der Waals surface area contributed by atoms with Crippen LogP contribution < -0.4 is 10.2 Å². The smallest absolute Gasteiger partial charge is 0.449 e. The molecule has 188 valence electrons. The summed E-state index contributed by atoms with van der Waals surface area (Å²) in [5.74, 6) is -1.43. The Morgan fingerprint density at radius 3 is 2.40 bits per heavy atom. The average molecular weight is 514 g/mol. The first-order chi connectivity index (χ1) is 16.2. The molecule has 2 aromatic carbocycles. The third-order valence-corrected chi connectivity index (χ3v) is 5.95. The van der Waals surface area contributed by atoms with Crippen molar-refractivity contribution < 1.29 is 31.5 Å². The Morgan fingerprint density at radius 1 is 1.06 bits per heavy atom. The molecule has 1 saturated heterocycles. The maximum atomic E-state index is 13.1. The lowest BCUT2D eigenvalue weighted by Gasteiger charge is -2.31. The second-order valence-corrected chi connectivity index (χ2v) is 8.32. The number of piperidine rings is 1. The highest BCUT2D eigenvalue weighted by Gasteiger charge is 2.35. The van der Waals surface area contributed by atoms with Crippen LogP contribution in [0.4, 0.5) is 17.6 Å². The van der Waals surface area contributed by atoms with E-state index in [1.54, 1.807) is 0 Å². The molecule has 0 radical (unpaired) electrons. The van der Waals surface area contributed by atoms with E-state index >= 15 is 0 Å². The molecule has 1 aliphatic heterocycles. The molecule has 0 bridgehead atoms. The molecule has 1 fully saturated rings. The van der Waals surface area contributed by atoms with E-state index in [-0.39, 0.29) is 40.9 Å². The van der Waals surface area contributed by atoms with Gasteiger partial charge in [-0.1, -0.05) is 0 Å². The molecular weight excluding hydrogens is 490 g/mol. The number of ketones is 1. The summed E-state index contributed by atoms with van der Waals surface area (Å²) in [5.41, 5.74) is -0.409. The maximum Gasteiger partial charge on any atom is 0.449 e. The Labute approximate surface area is 205 Å². The molecule has 1 aromatic heterocycles. The maximum absolute atomic E-state index is 13.1. The third kappa shape index (κ3) is 6.61. The van der Waals surface area contributed by atoms with Crippen LogP contribution in [0.15, 0.2) is 57.7 Å². The van der Waals surface area contributed by atoms with Crippen LogP contribution >= 0.6 is 12.4 Å². The molecule has 2 heterocycles. The standard InChI is InChI=1S/C25H23F4NO4.ClH/c26-18-4-2-16(3-5-18)24(32)17-8-11-30(12-9-17)10-1-13-33-19-6-7-20-21(31)15-23(25(27,28)29)34-22(20)14-19;/h2-7,14-15,17H,1,8-13H2;1H. The molecule has 3 aromatic rings. The van der Waals surface area contributed by atoms with Crippen molar-refractivity contribution in [3.63, 3.8) is 0 Å². The minimum absolute atomic E-state index is 0. The number of hydrogen-bond acceptors (Lipinski definition) is 5. The van der Waals surface area contributed by atoms with Gasteiger partial charge >= 0.3 is 6.18 Å². The highest BCUT2D eigenvalue weighted by atomic mass is 35.5. The first kappa shape index (κ1) is 26.7. The van der Waals surface area contributed by atoms with Crippen LogP contribution in [0.3, 0.4) is 0 Å². The minimum Gasteiger partial charge on any atom is -0.493 e. The van der Waals surface area contributed by atoms with E-state index in [0.29, 0.717) is 30.4 Å². The Morgan fingerprint density at radius 2 is 1.74 bits per heavy atom. The molecule has 0 aliphatic carbocycles. The Bertz CT molecular complexity index is 1220. The number of carbonyl (C=O) groups excluding carboxylic acids is 1. The van der Waals surface area contributed by atoms with E-state index in [2.05, 4.69) is 4.90 Å². The van der Waals surface area contributed by atoms with Gasteiger partial charge in [-0.25, -0.2) is 4.39 Å². The molecule has 0 saturated carbocycles. The van der Waals surface area contributed by atoms with Gasteiger partial charge in [0.15, 0.2) is 11.2 Å². The van der Waals surface area contributed by atoms with E-state index in [4.69, 9.17) is 9.15 Å². The van der Waals surface area contributed by atoms with Crippen LogP contribution in [0, 0.1) is 11.7 Å². The summed E-state index contributed by atoms with van der Waals surface area (Å²) in [7, 11) is 0. The monoisotopic (exact) mass is 513 g/mol. The van der Waals surface area contributed by atoms with Crippen LogP contribution in [-0.2, 0) is 6.18 Å². The van der Waals surface area contributed by atoms with Crippen LogP contribution in [0.5, 0.6) is 5.75 Å². The highest BCUT2D eigenvalue weighted by molar-refractivity contribution is 5.97. The molecule has 0 N–H and O–H groups in total.